The van der Waals surface area contributed by atoms with Gasteiger partial charge in [-0.3, -0.25) is 0 Å². The Bertz CT molecular complexity index is 254. The van der Waals surface area contributed by atoms with Crippen molar-refractivity contribution in [3.8, 4) is 0 Å². The van der Waals surface area contributed by atoms with E-state index in [2.05, 4.69) is 15.5 Å². The predicted octanol–water partition coefficient (Wildman–Crippen LogP) is -0.524. The summed E-state index contributed by atoms with van der Waals surface area (Å²) in [5, 5.41) is 11.0. The summed E-state index contributed by atoms with van der Waals surface area (Å²) in [4.78, 5) is 0. The molecule has 1 aromatic heterocycles. The molecule has 0 bridgehead atoms. The molecule has 1 aliphatic heterocycles. The Morgan fingerprint density at radius 1 is 1.75 bits per heavy atom. The van der Waals surface area contributed by atoms with Gasteiger partial charge in [-0.25, -0.2) is 0 Å². The minimum atomic E-state index is 0.0613. The zero-order chi connectivity index (χ0) is 8.39. The van der Waals surface area contributed by atoms with Crippen LogP contribution in [0.1, 0.15) is 11.9 Å². The summed E-state index contributed by atoms with van der Waals surface area (Å²) >= 11 is 0. The molecule has 2 heterocycles. The van der Waals surface area contributed by atoms with E-state index >= 15 is 0 Å². The quantitative estimate of drug-likeness (QED) is 0.613. The van der Waals surface area contributed by atoms with Crippen molar-refractivity contribution in [1.82, 2.24) is 20.1 Å². The molecule has 5 heteroatoms. The van der Waals surface area contributed by atoms with Crippen molar-refractivity contribution in [1.29, 1.82) is 0 Å². The van der Waals surface area contributed by atoms with Gasteiger partial charge in [0.1, 0.15) is 12.4 Å². The first-order valence-corrected chi connectivity index (χ1v) is 4.04. The highest BCUT2D eigenvalue weighted by atomic mass is 16.5. The zero-order valence-electron chi connectivity index (χ0n) is 7.03. The molecule has 12 heavy (non-hydrogen) atoms. The van der Waals surface area contributed by atoms with Crippen molar-refractivity contribution < 1.29 is 4.74 Å². The first-order chi connectivity index (χ1) is 5.88. The van der Waals surface area contributed by atoms with E-state index < -0.39 is 0 Å². The van der Waals surface area contributed by atoms with Crippen LogP contribution < -0.4 is 5.32 Å². The Kier molecular flexibility index (Phi) is 2.05. The predicted molar refractivity (Wildman–Crippen MR) is 42.6 cm³/mol. The van der Waals surface area contributed by atoms with E-state index in [1.807, 2.05) is 11.6 Å². The number of hydrogen-bond acceptors (Lipinski definition) is 4. The lowest BCUT2D eigenvalue weighted by Gasteiger charge is -2.22. The minimum absolute atomic E-state index is 0.0613. The molecule has 1 saturated heterocycles. The molecule has 66 valence electrons. The fraction of sp³-hybridized carbons (Fsp3) is 0.714. The number of morpholine rings is 1. The number of rotatable bonds is 1. The second-order valence-electron chi connectivity index (χ2n) is 2.86. The van der Waals surface area contributed by atoms with Crippen LogP contribution in [0.5, 0.6) is 0 Å². The summed E-state index contributed by atoms with van der Waals surface area (Å²) in [5.41, 5.74) is 0. The number of nitrogens with one attached hydrogen (secondary N) is 1. The molecule has 5 nitrogen and oxygen atoms in total. The van der Waals surface area contributed by atoms with Gasteiger partial charge in [0.15, 0.2) is 5.82 Å². The number of hydrogen-bond donors (Lipinski definition) is 1. The van der Waals surface area contributed by atoms with Gasteiger partial charge in [0.25, 0.3) is 0 Å². The summed E-state index contributed by atoms with van der Waals surface area (Å²) in [7, 11) is 1.92. The molecule has 1 aromatic rings. The largest absolute Gasteiger partial charge is 0.368 e. The van der Waals surface area contributed by atoms with Gasteiger partial charge < -0.3 is 14.6 Å². The number of nitrogens with zero attached hydrogens (tertiary/aromatic N) is 3. The van der Waals surface area contributed by atoms with Crippen LogP contribution in [0.4, 0.5) is 0 Å². The molecule has 1 N–H and O–H groups in total. The standard InChI is InChI=1S/C7H12N4O/c1-11-5-9-10-7(11)6-4-8-2-3-12-6/h5-6,8H,2-4H2,1H3/t6-/m1/s1. The SMILES string of the molecule is Cn1cnnc1[C@H]1CNCCO1. The molecule has 0 saturated carbocycles. The molecule has 0 spiro atoms. The van der Waals surface area contributed by atoms with Gasteiger partial charge in [0.2, 0.25) is 0 Å². The third-order valence-electron chi connectivity index (χ3n) is 1.96. The van der Waals surface area contributed by atoms with Gasteiger partial charge in [0, 0.05) is 20.1 Å². The number of ether oxygens (including phenoxy) is 1. The normalized spacial score (nSPS) is 24.2. The highest BCUT2D eigenvalue weighted by Crippen LogP contribution is 2.14. The summed E-state index contributed by atoms with van der Waals surface area (Å²) in [6.07, 6.45) is 1.75. The van der Waals surface area contributed by atoms with Crippen molar-refractivity contribution >= 4 is 0 Å². The highest BCUT2D eigenvalue weighted by Gasteiger charge is 2.19. The summed E-state index contributed by atoms with van der Waals surface area (Å²) in [5.74, 6) is 0.891. The molecule has 2 rings (SSSR count). The lowest BCUT2D eigenvalue weighted by Crippen LogP contribution is -2.34. The fourth-order valence-corrected chi connectivity index (χ4v) is 1.31. The second-order valence-corrected chi connectivity index (χ2v) is 2.86. The Labute approximate surface area is 70.7 Å². The average Bonchev–Trinajstić information content (AvgIpc) is 2.53. The van der Waals surface area contributed by atoms with Gasteiger partial charge in [-0.15, -0.1) is 10.2 Å². The van der Waals surface area contributed by atoms with E-state index in [1.54, 1.807) is 6.33 Å². The Balaban J connectivity index is 2.13. The van der Waals surface area contributed by atoms with Crippen molar-refractivity contribution in [2.75, 3.05) is 19.7 Å². The molecule has 0 radical (unpaired) electrons. The molecule has 0 amide bonds. The van der Waals surface area contributed by atoms with E-state index in [0.717, 1.165) is 25.5 Å². The lowest BCUT2D eigenvalue weighted by atomic mass is 10.3. The second kappa shape index (κ2) is 3.20. The van der Waals surface area contributed by atoms with Crippen LogP contribution in [0.25, 0.3) is 0 Å². The van der Waals surface area contributed by atoms with Gasteiger partial charge in [-0.2, -0.15) is 0 Å². The van der Waals surface area contributed by atoms with Crippen LogP contribution >= 0.6 is 0 Å². The Hall–Kier alpha value is -0.940. The smallest absolute Gasteiger partial charge is 0.163 e. The van der Waals surface area contributed by atoms with E-state index in [-0.39, 0.29) is 6.10 Å². The third-order valence-corrected chi connectivity index (χ3v) is 1.96. The molecular formula is C7H12N4O. The Morgan fingerprint density at radius 3 is 3.25 bits per heavy atom. The molecule has 1 aliphatic rings. The Morgan fingerprint density at radius 2 is 2.67 bits per heavy atom. The van der Waals surface area contributed by atoms with Crippen LogP contribution in [-0.4, -0.2) is 34.5 Å². The van der Waals surface area contributed by atoms with Crippen LogP contribution in [0.2, 0.25) is 0 Å². The summed E-state index contributed by atoms with van der Waals surface area (Å²) < 4.78 is 7.40. The number of aryl methyl sites for hydroxylation is 1. The van der Waals surface area contributed by atoms with Crippen molar-refractivity contribution in [2.24, 2.45) is 7.05 Å². The van der Waals surface area contributed by atoms with E-state index in [0.29, 0.717) is 0 Å². The maximum Gasteiger partial charge on any atom is 0.163 e. The first-order valence-electron chi connectivity index (χ1n) is 4.04. The van der Waals surface area contributed by atoms with Gasteiger partial charge in [0.05, 0.1) is 6.61 Å². The molecule has 0 aliphatic carbocycles. The van der Waals surface area contributed by atoms with Gasteiger partial charge in [-0.1, -0.05) is 0 Å². The van der Waals surface area contributed by atoms with Crippen LogP contribution in [0.3, 0.4) is 0 Å². The van der Waals surface area contributed by atoms with Crippen molar-refractivity contribution in [2.45, 2.75) is 6.10 Å². The molecule has 0 aromatic carbocycles. The van der Waals surface area contributed by atoms with E-state index in [9.17, 15) is 0 Å². The topological polar surface area (TPSA) is 52.0 Å². The van der Waals surface area contributed by atoms with Crippen LogP contribution in [0.15, 0.2) is 6.33 Å². The maximum atomic E-state index is 5.52. The zero-order valence-corrected chi connectivity index (χ0v) is 7.03. The molecular weight excluding hydrogens is 156 g/mol. The highest BCUT2D eigenvalue weighted by molar-refractivity contribution is 4.93. The maximum absolute atomic E-state index is 5.52. The lowest BCUT2D eigenvalue weighted by molar-refractivity contribution is 0.0203. The van der Waals surface area contributed by atoms with Crippen LogP contribution in [-0.2, 0) is 11.8 Å². The minimum Gasteiger partial charge on any atom is -0.368 e. The van der Waals surface area contributed by atoms with Crippen molar-refractivity contribution in [3.05, 3.63) is 12.2 Å². The molecule has 1 atom stereocenters. The first kappa shape index (κ1) is 7.70. The average molecular weight is 168 g/mol. The van der Waals surface area contributed by atoms with Crippen LogP contribution in [0, 0.1) is 0 Å². The fourth-order valence-electron chi connectivity index (χ4n) is 1.31. The summed E-state index contributed by atoms with van der Waals surface area (Å²) in [6.45, 7) is 2.50. The summed E-state index contributed by atoms with van der Waals surface area (Å²) in [6, 6.07) is 0. The third kappa shape index (κ3) is 1.33. The number of aromatic nitrogens is 3. The van der Waals surface area contributed by atoms with E-state index in [1.165, 1.54) is 0 Å². The molecule has 1 fully saturated rings. The van der Waals surface area contributed by atoms with Gasteiger partial charge >= 0.3 is 0 Å². The van der Waals surface area contributed by atoms with Crippen molar-refractivity contribution in [3.63, 3.8) is 0 Å². The van der Waals surface area contributed by atoms with E-state index in [4.69, 9.17) is 4.74 Å². The van der Waals surface area contributed by atoms with Gasteiger partial charge in [-0.05, 0) is 0 Å². The monoisotopic (exact) mass is 168 g/mol. The molecule has 0 unspecified atom stereocenters.